The highest BCUT2D eigenvalue weighted by molar-refractivity contribution is 9.10. The van der Waals surface area contributed by atoms with Crippen LogP contribution in [0.1, 0.15) is 280 Å². The topological polar surface area (TPSA) is 0 Å². The van der Waals surface area contributed by atoms with Gasteiger partial charge < -0.3 is 0 Å². The van der Waals surface area contributed by atoms with Crippen LogP contribution in [0, 0.1) is 0 Å². The Balaban J connectivity index is 0.752. The monoisotopic (exact) mass is 1430 g/mol. The first-order valence-corrected chi connectivity index (χ1v) is 41.6. The molecular formula is C100H112BrCl. The highest BCUT2D eigenvalue weighted by Gasteiger charge is 2.45. The van der Waals surface area contributed by atoms with Crippen molar-refractivity contribution < 1.29 is 0 Å². The summed E-state index contributed by atoms with van der Waals surface area (Å²) in [7, 11) is 0. The predicted octanol–water partition coefficient (Wildman–Crippen LogP) is 31.6. The first kappa shape index (κ1) is 71.9. The van der Waals surface area contributed by atoms with Crippen LogP contribution < -0.4 is 0 Å². The second kappa shape index (κ2) is 31.3. The molecule has 14 rings (SSSR count). The van der Waals surface area contributed by atoms with Crippen molar-refractivity contribution in [3.05, 3.63) is 248 Å². The Kier molecular flexibility index (Phi) is 22.1. The Bertz CT molecular complexity index is 4570. The van der Waals surface area contributed by atoms with Crippen LogP contribution in [0.3, 0.4) is 0 Å². The van der Waals surface area contributed by atoms with Gasteiger partial charge in [0.2, 0.25) is 0 Å². The highest BCUT2D eigenvalue weighted by atomic mass is 79.9. The van der Waals surface area contributed by atoms with E-state index in [2.05, 4.69) is 253 Å². The van der Waals surface area contributed by atoms with Crippen LogP contribution >= 0.6 is 27.5 Å². The second-order valence-corrected chi connectivity index (χ2v) is 33.9. The van der Waals surface area contributed by atoms with Gasteiger partial charge in [-0.25, -0.2) is 0 Å². The molecule has 0 fully saturated rings. The average Bonchev–Trinajstić information content (AvgIpc) is 1.58. The normalized spacial score (nSPS) is 14.8. The molecule has 10 aromatic carbocycles. The number of unbranched alkanes of at least 4 members (excludes halogenated alkanes) is 20. The maximum absolute atomic E-state index is 6.35. The molecule has 0 nitrogen and oxygen atoms in total. The quantitative estimate of drug-likeness (QED) is 0.0360. The molecule has 0 saturated heterocycles. The molecule has 2 heteroatoms. The minimum atomic E-state index is -0.162. The maximum Gasteiger partial charge on any atom is 0.0406 e. The van der Waals surface area contributed by atoms with Crippen LogP contribution in [0.2, 0.25) is 5.02 Å². The van der Waals surface area contributed by atoms with E-state index in [9.17, 15) is 0 Å². The molecule has 0 bridgehead atoms. The summed E-state index contributed by atoms with van der Waals surface area (Å²) in [6.45, 7) is 19.1. The summed E-state index contributed by atoms with van der Waals surface area (Å²) in [4.78, 5) is 0. The van der Waals surface area contributed by atoms with Gasteiger partial charge in [0, 0.05) is 31.2 Å². The van der Waals surface area contributed by atoms with E-state index in [1.165, 1.54) is 307 Å². The molecular weight excluding hydrogens is 1320 g/mol. The number of hydrogen-bond acceptors (Lipinski definition) is 0. The summed E-state index contributed by atoms with van der Waals surface area (Å²) in [5.41, 5.74) is 35.7. The van der Waals surface area contributed by atoms with E-state index in [4.69, 9.17) is 11.6 Å². The summed E-state index contributed by atoms with van der Waals surface area (Å²) in [6, 6.07) is 77.1. The van der Waals surface area contributed by atoms with Gasteiger partial charge in [-0.3, -0.25) is 0 Å². The molecule has 0 saturated carbocycles. The van der Waals surface area contributed by atoms with Gasteiger partial charge in [-0.05, 0) is 237 Å². The minimum absolute atomic E-state index is 0.0240. The fourth-order valence-corrected chi connectivity index (χ4v) is 19.8. The zero-order chi connectivity index (χ0) is 70.6. The fourth-order valence-electron chi connectivity index (χ4n) is 19.3. The molecule has 4 aliphatic rings. The number of rotatable bonds is 33. The van der Waals surface area contributed by atoms with Gasteiger partial charge >= 0.3 is 0 Å². The smallest absolute Gasteiger partial charge is 0.0406 e. The lowest BCUT2D eigenvalue weighted by Crippen LogP contribution is -2.25. The zero-order valence-electron chi connectivity index (χ0n) is 63.0. The van der Waals surface area contributed by atoms with E-state index in [0.717, 1.165) is 5.02 Å². The summed E-state index contributed by atoms with van der Waals surface area (Å²) < 4.78 is 1.20. The van der Waals surface area contributed by atoms with Gasteiger partial charge in [0.25, 0.3) is 0 Å². The molecule has 0 spiro atoms. The summed E-state index contributed by atoms with van der Waals surface area (Å²) in [5.74, 6) is 0. The lowest BCUT2D eigenvalue weighted by atomic mass is 9.70. The third kappa shape index (κ3) is 14.0. The molecule has 10 aromatic rings. The summed E-state index contributed by atoms with van der Waals surface area (Å²) in [5, 5.41) is 0.769. The Morgan fingerprint density at radius 1 is 0.225 bits per heavy atom. The van der Waals surface area contributed by atoms with E-state index in [1.807, 2.05) is 12.1 Å². The van der Waals surface area contributed by atoms with Crippen molar-refractivity contribution in [3.63, 3.8) is 0 Å². The molecule has 0 unspecified atom stereocenters. The Labute approximate surface area is 628 Å². The second-order valence-electron chi connectivity index (χ2n) is 32.6. The molecule has 0 atom stereocenters. The van der Waals surface area contributed by atoms with Crippen molar-refractivity contribution in [1.29, 1.82) is 0 Å². The van der Waals surface area contributed by atoms with Crippen LogP contribution in [0.4, 0.5) is 0 Å². The summed E-state index contributed by atoms with van der Waals surface area (Å²) in [6.07, 6.45) is 36.3. The molecule has 0 aromatic heterocycles. The van der Waals surface area contributed by atoms with E-state index in [0.29, 0.717) is 0 Å². The van der Waals surface area contributed by atoms with Gasteiger partial charge in [0.15, 0.2) is 0 Å². The van der Waals surface area contributed by atoms with E-state index in [1.54, 1.807) is 22.3 Å². The fraction of sp³-hybridized carbons (Fsp3) is 0.400. The SMILES string of the molecule is CCCCCCCCC1(CCCCCCCC)c2cc(Br)ccc2-c2ccc(-c3ccc4c(c3)C(C)(C)c3cc(-c5ccc(-c6ccc7c(c6)C(CCCCCCCC)(CCCCCCCC)c6cc(-c8ccc9c(c8)C(C)(C)c8cc(-c%10ccc(Cl)cc%10)ccc8-9)ccc6-7)cc5)ccc3-4)cc21. The van der Waals surface area contributed by atoms with Crippen LogP contribution in [0.15, 0.2) is 199 Å². The first-order valence-electron chi connectivity index (χ1n) is 40.4. The first-order chi connectivity index (χ1) is 49.7. The van der Waals surface area contributed by atoms with Crippen molar-refractivity contribution in [1.82, 2.24) is 0 Å². The largest absolute Gasteiger partial charge is 0.0843 e. The van der Waals surface area contributed by atoms with Gasteiger partial charge in [0.1, 0.15) is 0 Å². The molecule has 0 radical (unpaired) electrons. The van der Waals surface area contributed by atoms with Crippen molar-refractivity contribution in [2.75, 3.05) is 0 Å². The standard InChI is InChI=1S/C100H112BrCl/c1-9-13-17-21-25-29-57-99(58-30-26-22-18-14-10-2)93-65-74(41-53-85(93)86-54-44-77(66-94(86)99)75-42-51-84-82-50-40-73(71-37-47-80(102)48-38-71)62-90(82)98(7,8)92(84)63-75)70-35-33-69(34-36-70)72-39-49-81-83-52-43-76(64-91(83)97(5,6)89(81)61-72)78-45-55-87-88-56-46-79(101)68-96(88)100(95(87)67-78,59-31-27-23-19-15-11-3)60-32-28-24-20-16-12-4/h33-56,61-68H,9-32,57-60H2,1-8H3. The van der Waals surface area contributed by atoms with Crippen LogP contribution in [0.25, 0.3) is 100 Å². The lowest BCUT2D eigenvalue weighted by Gasteiger charge is -2.33. The number of fused-ring (bicyclic) bond motifs is 12. The Morgan fingerprint density at radius 2 is 0.422 bits per heavy atom. The van der Waals surface area contributed by atoms with Crippen molar-refractivity contribution >= 4 is 27.5 Å². The molecule has 0 N–H and O–H groups in total. The van der Waals surface area contributed by atoms with E-state index in [-0.39, 0.29) is 21.7 Å². The molecule has 0 heterocycles. The molecule has 0 aliphatic heterocycles. The molecule has 102 heavy (non-hydrogen) atoms. The number of hydrogen-bond donors (Lipinski definition) is 0. The average molecular weight is 1430 g/mol. The molecule has 526 valence electrons. The lowest BCUT2D eigenvalue weighted by molar-refractivity contribution is 0.398. The van der Waals surface area contributed by atoms with E-state index >= 15 is 0 Å². The van der Waals surface area contributed by atoms with Gasteiger partial charge in [0.05, 0.1) is 0 Å². The minimum Gasteiger partial charge on any atom is -0.0843 e. The van der Waals surface area contributed by atoms with Crippen LogP contribution in [-0.2, 0) is 21.7 Å². The van der Waals surface area contributed by atoms with Gasteiger partial charge in [-0.15, -0.1) is 0 Å². The third-order valence-corrected chi connectivity index (χ3v) is 26.0. The molecule has 0 amide bonds. The van der Waals surface area contributed by atoms with Crippen LogP contribution in [0.5, 0.6) is 0 Å². The Hall–Kier alpha value is -7.03. The van der Waals surface area contributed by atoms with Gasteiger partial charge in [-0.1, -0.05) is 364 Å². The zero-order valence-corrected chi connectivity index (χ0v) is 65.4. The third-order valence-electron chi connectivity index (χ3n) is 25.3. The number of benzene rings is 10. The maximum atomic E-state index is 6.35. The number of halogens is 2. The van der Waals surface area contributed by atoms with Crippen LogP contribution in [-0.4, -0.2) is 0 Å². The predicted molar refractivity (Wildman–Crippen MR) is 446 cm³/mol. The molecule has 4 aliphatic carbocycles. The van der Waals surface area contributed by atoms with Gasteiger partial charge in [-0.2, -0.15) is 0 Å². The van der Waals surface area contributed by atoms with Crippen molar-refractivity contribution in [2.24, 2.45) is 0 Å². The highest BCUT2D eigenvalue weighted by Crippen LogP contribution is 2.60. The Morgan fingerprint density at radius 3 is 0.696 bits per heavy atom. The van der Waals surface area contributed by atoms with Crippen molar-refractivity contribution in [3.8, 4) is 100 Å². The van der Waals surface area contributed by atoms with E-state index < -0.39 is 0 Å². The summed E-state index contributed by atoms with van der Waals surface area (Å²) >= 11 is 10.3. The van der Waals surface area contributed by atoms with Crippen molar-refractivity contribution in [2.45, 2.75) is 257 Å².